The summed E-state index contributed by atoms with van der Waals surface area (Å²) in [5.74, 6) is 1.98. The first-order valence-corrected chi connectivity index (χ1v) is 12.4. The lowest BCUT2D eigenvalue weighted by molar-refractivity contribution is 0.670. The van der Waals surface area contributed by atoms with Gasteiger partial charge in [0.25, 0.3) is 0 Å². The Morgan fingerprint density at radius 1 is 0.622 bits per heavy atom. The fraction of sp³-hybridized carbons (Fsp3) is 0.0938. The molecule has 0 spiro atoms. The molecule has 0 aliphatic heterocycles. The molecule has 0 aliphatic carbocycles. The molecule has 178 valence electrons. The number of aryl methyl sites for hydroxylation is 2. The third kappa shape index (κ3) is 3.35. The smallest absolute Gasteiger partial charge is 0.238 e. The molecule has 3 aromatic heterocycles. The predicted molar refractivity (Wildman–Crippen MR) is 149 cm³/mol. The highest BCUT2D eigenvalue weighted by Gasteiger charge is 2.17. The van der Waals surface area contributed by atoms with Crippen LogP contribution in [0.1, 0.15) is 17.1 Å². The van der Waals surface area contributed by atoms with Gasteiger partial charge in [-0.15, -0.1) is 0 Å². The van der Waals surface area contributed by atoms with Crippen LogP contribution >= 0.6 is 0 Å². The Morgan fingerprint density at radius 2 is 1.32 bits per heavy atom. The predicted octanol–water partition coefficient (Wildman–Crippen LogP) is 7.97. The molecule has 0 saturated heterocycles. The number of hydrogen-bond acceptors (Lipinski definition) is 4. The first-order valence-electron chi connectivity index (χ1n) is 12.4. The van der Waals surface area contributed by atoms with Crippen LogP contribution in [-0.4, -0.2) is 19.5 Å². The van der Waals surface area contributed by atoms with Gasteiger partial charge in [-0.25, -0.2) is 4.98 Å². The molecule has 4 aromatic carbocycles. The number of para-hydroxylation sites is 3. The maximum absolute atomic E-state index is 6.25. The summed E-state index contributed by atoms with van der Waals surface area (Å²) in [6, 6.07) is 31.2. The van der Waals surface area contributed by atoms with Gasteiger partial charge in [-0.2, -0.15) is 9.97 Å². The molecule has 0 unspecified atom stereocenters. The van der Waals surface area contributed by atoms with E-state index in [4.69, 9.17) is 14.4 Å². The van der Waals surface area contributed by atoms with Crippen LogP contribution in [0.25, 0.3) is 61.3 Å². The highest BCUT2D eigenvalue weighted by atomic mass is 16.3. The molecule has 7 rings (SSSR count). The normalized spacial score (nSPS) is 11.6. The van der Waals surface area contributed by atoms with Crippen LogP contribution in [0.2, 0.25) is 0 Å². The lowest BCUT2D eigenvalue weighted by Gasteiger charge is -2.10. The second-order valence-electron chi connectivity index (χ2n) is 9.43. The Bertz CT molecular complexity index is 1960. The van der Waals surface area contributed by atoms with E-state index >= 15 is 0 Å². The topological polar surface area (TPSA) is 56.7 Å². The van der Waals surface area contributed by atoms with Crippen molar-refractivity contribution in [2.75, 3.05) is 0 Å². The van der Waals surface area contributed by atoms with Crippen LogP contribution in [0.15, 0.2) is 95.4 Å². The SMILES string of the molecule is Cc1nc(-c2ccc(-c3cccc4c3oc3ccccc34)cc2)nc(-n2c(C)c(C)c3ccccc32)n1. The van der Waals surface area contributed by atoms with E-state index in [2.05, 4.69) is 90.1 Å². The molecule has 0 amide bonds. The summed E-state index contributed by atoms with van der Waals surface area (Å²) in [7, 11) is 0. The molecule has 0 N–H and O–H groups in total. The van der Waals surface area contributed by atoms with E-state index in [1.165, 1.54) is 10.9 Å². The maximum Gasteiger partial charge on any atom is 0.238 e. The van der Waals surface area contributed by atoms with Gasteiger partial charge in [0.2, 0.25) is 5.95 Å². The van der Waals surface area contributed by atoms with E-state index in [1.807, 2.05) is 31.2 Å². The van der Waals surface area contributed by atoms with Gasteiger partial charge in [0.15, 0.2) is 5.82 Å². The molecule has 0 saturated carbocycles. The molecule has 5 heteroatoms. The minimum atomic E-state index is 0.639. The summed E-state index contributed by atoms with van der Waals surface area (Å²) in [6.07, 6.45) is 0. The highest BCUT2D eigenvalue weighted by Crippen LogP contribution is 2.36. The van der Waals surface area contributed by atoms with E-state index < -0.39 is 0 Å². The zero-order valence-electron chi connectivity index (χ0n) is 20.9. The zero-order valence-corrected chi connectivity index (χ0v) is 20.9. The summed E-state index contributed by atoms with van der Waals surface area (Å²) >= 11 is 0. The van der Waals surface area contributed by atoms with Gasteiger partial charge in [-0.3, -0.25) is 4.57 Å². The second kappa shape index (κ2) is 8.14. The molecule has 0 radical (unpaired) electrons. The lowest BCUT2D eigenvalue weighted by Crippen LogP contribution is -2.07. The summed E-state index contributed by atoms with van der Waals surface area (Å²) in [4.78, 5) is 14.3. The van der Waals surface area contributed by atoms with Crippen molar-refractivity contribution in [1.29, 1.82) is 0 Å². The van der Waals surface area contributed by atoms with Crippen LogP contribution < -0.4 is 0 Å². The Hall–Kier alpha value is -4.77. The summed E-state index contributed by atoms with van der Waals surface area (Å²) in [5, 5.41) is 3.47. The number of benzene rings is 4. The van der Waals surface area contributed by atoms with Crippen molar-refractivity contribution in [1.82, 2.24) is 19.5 Å². The molecule has 3 heterocycles. The molecule has 0 atom stereocenters. The number of fused-ring (bicyclic) bond motifs is 4. The number of aromatic nitrogens is 4. The number of hydrogen-bond donors (Lipinski definition) is 0. The van der Waals surface area contributed by atoms with Gasteiger partial charge >= 0.3 is 0 Å². The fourth-order valence-corrected chi connectivity index (χ4v) is 5.26. The van der Waals surface area contributed by atoms with Crippen molar-refractivity contribution in [3.05, 3.63) is 108 Å². The Labute approximate surface area is 214 Å². The van der Waals surface area contributed by atoms with Crippen molar-refractivity contribution in [2.24, 2.45) is 0 Å². The number of furan rings is 1. The summed E-state index contributed by atoms with van der Waals surface area (Å²) < 4.78 is 8.37. The van der Waals surface area contributed by atoms with Crippen LogP contribution in [0.3, 0.4) is 0 Å². The summed E-state index contributed by atoms with van der Waals surface area (Å²) in [6.45, 7) is 6.17. The average molecular weight is 481 g/mol. The van der Waals surface area contributed by atoms with Gasteiger partial charge in [-0.1, -0.05) is 78.9 Å². The molecule has 0 bridgehead atoms. The van der Waals surface area contributed by atoms with Crippen LogP contribution in [0.4, 0.5) is 0 Å². The Balaban J connectivity index is 1.32. The van der Waals surface area contributed by atoms with E-state index in [0.29, 0.717) is 17.6 Å². The van der Waals surface area contributed by atoms with Crippen molar-refractivity contribution in [3.8, 4) is 28.5 Å². The first-order chi connectivity index (χ1) is 18.1. The van der Waals surface area contributed by atoms with E-state index in [1.54, 1.807) is 0 Å². The molecule has 0 fully saturated rings. The highest BCUT2D eigenvalue weighted by molar-refractivity contribution is 6.09. The van der Waals surface area contributed by atoms with E-state index in [0.717, 1.165) is 49.8 Å². The third-order valence-electron chi connectivity index (χ3n) is 7.22. The largest absolute Gasteiger partial charge is 0.455 e. The number of nitrogens with zero attached hydrogens (tertiary/aromatic N) is 4. The molecular formula is C32H24N4O. The Morgan fingerprint density at radius 3 is 2.16 bits per heavy atom. The standard InChI is InChI=1S/C32H24N4O/c1-19-20(2)36(28-13-6-4-9-24(19)28)32-34-21(3)33-31(35-32)23-17-15-22(16-18-23)25-11-8-12-27-26-10-5-7-14-29(26)37-30(25)27/h4-18H,1-3H3. The maximum atomic E-state index is 6.25. The average Bonchev–Trinajstić information content (AvgIpc) is 3.43. The van der Waals surface area contributed by atoms with Crippen molar-refractivity contribution in [3.63, 3.8) is 0 Å². The van der Waals surface area contributed by atoms with Gasteiger partial charge in [0.05, 0.1) is 5.52 Å². The van der Waals surface area contributed by atoms with Crippen molar-refractivity contribution < 1.29 is 4.42 Å². The number of rotatable bonds is 3. The Kier molecular flexibility index (Phi) is 4.73. The molecule has 5 nitrogen and oxygen atoms in total. The molecule has 37 heavy (non-hydrogen) atoms. The van der Waals surface area contributed by atoms with Crippen LogP contribution in [-0.2, 0) is 0 Å². The van der Waals surface area contributed by atoms with Crippen molar-refractivity contribution >= 4 is 32.8 Å². The van der Waals surface area contributed by atoms with Crippen LogP contribution in [0.5, 0.6) is 0 Å². The quantitative estimate of drug-likeness (QED) is 0.257. The lowest BCUT2D eigenvalue weighted by atomic mass is 10.0. The summed E-state index contributed by atoms with van der Waals surface area (Å²) in [5.41, 5.74) is 8.37. The van der Waals surface area contributed by atoms with Crippen LogP contribution in [0, 0.1) is 20.8 Å². The van der Waals surface area contributed by atoms with E-state index in [-0.39, 0.29) is 0 Å². The zero-order chi connectivity index (χ0) is 25.1. The van der Waals surface area contributed by atoms with E-state index in [9.17, 15) is 0 Å². The van der Waals surface area contributed by atoms with Gasteiger partial charge in [-0.05, 0) is 44.0 Å². The molecular weight excluding hydrogens is 456 g/mol. The minimum absolute atomic E-state index is 0.639. The van der Waals surface area contributed by atoms with Gasteiger partial charge in [0, 0.05) is 33.0 Å². The monoisotopic (exact) mass is 480 g/mol. The van der Waals surface area contributed by atoms with Gasteiger partial charge in [0.1, 0.15) is 17.0 Å². The molecule has 0 aliphatic rings. The molecule has 7 aromatic rings. The van der Waals surface area contributed by atoms with Crippen molar-refractivity contribution in [2.45, 2.75) is 20.8 Å². The first kappa shape index (κ1) is 21.5. The second-order valence-corrected chi connectivity index (χ2v) is 9.43. The fourth-order valence-electron chi connectivity index (χ4n) is 5.26. The minimum Gasteiger partial charge on any atom is -0.455 e. The third-order valence-corrected chi connectivity index (χ3v) is 7.22. The van der Waals surface area contributed by atoms with Gasteiger partial charge < -0.3 is 4.42 Å².